The Bertz CT molecular complexity index is 186. The Morgan fingerprint density at radius 1 is 1.40 bits per heavy atom. The van der Waals surface area contributed by atoms with Crippen molar-refractivity contribution in [3.05, 3.63) is 0 Å². The molecule has 2 fully saturated rings. The van der Waals surface area contributed by atoms with Gasteiger partial charge in [0, 0.05) is 13.1 Å². The van der Waals surface area contributed by atoms with Crippen LogP contribution in [0.1, 0.15) is 25.7 Å². The van der Waals surface area contributed by atoms with Crippen molar-refractivity contribution in [2.75, 3.05) is 32.9 Å². The van der Waals surface area contributed by atoms with Crippen LogP contribution < -0.4 is 5.32 Å². The van der Waals surface area contributed by atoms with Crippen LogP contribution in [0.2, 0.25) is 0 Å². The first kappa shape index (κ1) is 11.3. The maximum atomic E-state index is 10.0. The van der Waals surface area contributed by atoms with Crippen LogP contribution in [0.4, 0.5) is 0 Å². The molecular formula is C11H21NO3. The third-order valence-corrected chi connectivity index (χ3v) is 3.21. The van der Waals surface area contributed by atoms with Crippen LogP contribution in [0.3, 0.4) is 0 Å². The molecule has 1 heterocycles. The summed E-state index contributed by atoms with van der Waals surface area (Å²) in [5.74, 6) is 0. The van der Waals surface area contributed by atoms with E-state index < -0.39 is 5.60 Å². The summed E-state index contributed by atoms with van der Waals surface area (Å²) in [5.41, 5.74) is -0.553. The fraction of sp³-hybridized carbons (Fsp3) is 1.00. The van der Waals surface area contributed by atoms with Gasteiger partial charge < -0.3 is 19.9 Å². The van der Waals surface area contributed by atoms with Crippen molar-refractivity contribution in [1.82, 2.24) is 5.32 Å². The quantitative estimate of drug-likeness (QED) is 0.708. The van der Waals surface area contributed by atoms with Crippen molar-refractivity contribution < 1.29 is 14.6 Å². The molecule has 0 radical (unpaired) electrons. The van der Waals surface area contributed by atoms with Gasteiger partial charge in [0.05, 0.1) is 31.5 Å². The summed E-state index contributed by atoms with van der Waals surface area (Å²) in [6, 6.07) is 0. The molecule has 15 heavy (non-hydrogen) atoms. The van der Waals surface area contributed by atoms with Crippen LogP contribution in [-0.4, -0.2) is 49.7 Å². The molecule has 4 nitrogen and oxygen atoms in total. The highest BCUT2D eigenvalue weighted by molar-refractivity contribution is 4.84. The van der Waals surface area contributed by atoms with Gasteiger partial charge in [-0.2, -0.15) is 0 Å². The lowest BCUT2D eigenvalue weighted by Gasteiger charge is -2.26. The van der Waals surface area contributed by atoms with E-state index in [1.165, 1.54) is 0 Å². The van der Waals surface area contributed by atoms with Crippen LogP contribution in [0.5, 0.6) is 0 Å². The second-order valence-electron chi connectivity index (χ2n) is 4.64. The second-order valence-corrected chi connectivity index (χ2v) is 4.64. The molecule has 0 amide bonds. The molecular weight excluding hydrogens is 194 g/mol. The third-order valence-electron chi connectivity index (χ3n) is 3.21. The highest BCUT2D eigenvalue weighted by atomic mass is 16.5. The minimum atomic E-state index is -0.553. The number of nitrogens with one attached hydrogen (secondary N) is 1. The van der Waals surface area contributed by atoms with Crippen LogP contribution in [0, 0.1) is 0 Å². The predicted octanol–water partition coefficient (Wildman–Crippen LogP) is 0.296. The van der Waals surface area contributed by atoms with E-state index in [2.05, 4.69) is 5.32 Å². The summed E-state index contributed by atoms with van der Waals surface area (Å²) < 4.78 is 11.1. The first-order chi connectivity index (χ1) is 7.29. The minimum Gasteiger partial charge on any atom is -0.387 e. The Kier molecular flexibility index (Phi) is 3.97. The minimum absolute atomic E-state index is 0.156. The fourth-order valence-corrected chi connectivity index (χ4v) is 2.28. The summed E-state index contributed by atoms with van der Waals surface area (Å²) in [5, 5.41) is 13.3. The Morgan fingerprint density at radius 2 is 2.20 bits per heavy atom. The molecule has 2 N–H and O–H groups in total. The van der Waals surface area contributed by atoms with Crippen molar-refractivity contribution in [3.8, 4) is 0 Å². The monoisotopic (exact) mass is 215 g/mol. The summed E-state index contributed by atoms with van der Waals surface area (Å²) in [7, 11) is 0. The van der Waals surface area contributed by atoms with E-state index in [0.29, 0.717) is 13.2 Å². The van der Waals surface area contributed by atoms with Gasteiger partial charge in [-0.25, -0.2) is 0 Å². The summed E-state index contributed by atoms with van der Waals surface area (Å²) >= 11 is 0. The normalized spacial score (nSPS) is 30.6. The average molecular weight is 215 g/mol. The number of hydrogen-bond donors (Lipinski definition) is 2. The standard InChI is InChI=1S/C11H21NO3/c13-11(3-1-2-4-11)9-14-8-10-7-12-5-6-15-10/h10,12-13H,1-9H2. The van der Waals surface area contributed by atoms with Crippen LogP contribution >= 0.6 is 0 Å². The van der Waals surface area contributed by atoms with Crippen LogP contribution in [-0.2, 0) is 9.47 Å². The molecule has 1 saturated heterocycles. The molecule has 0 spiro atoms. The van der Waals surface area contributed by atoms with Gasteiger partial charge in [0.25, 0.3) is 0 Å². The zero-order valence-electron chi connectivity index (χ0n) is 9.21. The third kappa shape index (κ3) is 3.41. The molecule has 88 valence electrons. The molecule has 2 aliphatic rings. The van der Waals surface area contributed by atoms with Crippen molar-refractivity contribution in [2.24, 2.45) is 0 Å². The number of morpholine rings is 1. The number of hydrogen-bond acceptors (Lipinski definition) is 4. The molecule has 0 bridgehead atoms. The van der Waals surface area contributed by atoms with Gasteiger partial charge in [0.2, 0.25) is 0 Å². The Hall–Kier alpha value is -0.160. The maximum absolute atomic E-state index is 10.0. The van der Waals surface area contributed by atoms with E-state index in [1.54, 1.807) is 0 Å². The van der Waals surface area contributed by atoms with Gasteiger partial charge in [-0.3, -0.25) is 0 Å². The van der Waals surface area contributed by atoms with Crippen molar-refractivity contribution >= 4 is 0 Å². The molecule has 1 aliphatic carbocycles. The van der Waals surface area contributed by atoms with E-state index >= 15 is 0 Å². The van der Waals surface area contributed by atoms with Crippen LogP contribution in [0.25, 0.3) is 0 Å². The van der Waals surface area contributed by atoms with Gasteiger partial charge in [-0.05, 0) is 12.8 Å². The lowest BCUT2D eigenvalue weighted by molar-refractivity contribution is -0.0809. The lowest BCUT2D eigenvalue weighted by Crippen LogP contribution is -2.42. The van der Waals surface area contributed by atoms with Crippen molar-refractivity contribution in [3.63, 3.8) is 0 Å². The van der Waals surface area contributed by atoms with E-state index in [1.807, 2.05) is 0 Å². The molecule has 1 atom stereocenters. The smallest absolute Gasteiger partial charge is 0.0933 e. The average Bonchev–Trinajstić information content (AvgIpc) is 2.67. The number of rotatable bonds is 4. The lowest BCUT2D eigenvalue weighted by atomic mass is 10.0. The molecule has 1 unspecified atom stereocenters. The highest BCUT2D eigenvalue weighted by Crippen LogP contribution is 2.29. The summed E-state index contributed by atoms with van der Waals surface area (Å²) in [6.07, 6.45) is 4.18. The van der Waals surface area contributed by atoms with Gasteiger partial charge in [0.15, 0.2) is 0 Å². The molecule has 0 aromatic carbocycles. The molecule has 0 aromatic heterocycles. The van der Waals surface area contributed by atoms with Gasteiger partial charge in [-0.15, -0.1) is 0 Å². The molecule has 1 saturated carbocycles. The first-order valence-corrected chi connectivity index (χ1v) is 5.91. The van der Waals surface area contributed by atoms with Gasteiger partial charge >= 0.3 is 0 Å². The zero-order chi connectivity index (χ0) is 10.6. The molecule has 4 heteroatoms. The Balaban J connectivity index is 1.61. The van der Waals surface area contributed by atoms with Gasteiger partial charge in [0.1, 0.15) is 0 Å². The fourth-order valence-electron chi connectivity index (χ4n) is 2.28. The Morgan fingerprint density at radius 3 is 2.87 bits per heavy atom. The topological polar surface area (TPSA) is 50.7 Å². The van der Waals surface area contributed by atoms with Crippen molar-refractivity contribution in [2.45, 2.75) is 37.4 Å². The number of ether oxygens (including phenoxy) is 2. The zero-order valence-corrected chi connectivity index (χ0v) is 9.21. The SMILES string of the molecule is OC1(COCC2CNCCO2)CCCC1. The maximum Gasteiger partial charge on any atom is 0.0933 e. The second kappa shape index (κ2) is 5.25. The molecule has 1 aliphatic heterocycles. The molecule has 0 aromatic rings. The van der Waals surface area contributed by atoms with E-state index in [-0.39, 0.29) is 6.10 Å². The van der Waals surface area contributed by atoms with E-state index in [4.69, 9.17) is 9.47 Å². The number of aliphatic hydroxyl groups is 1. The summed E-state index contributed by atoms with van der Waals surface area (Å²) in [6.45, 7) is 3.61. The highest BCUT2D eigenvalue weighted by Gasteiger charge is 2.31. The first-order valence-electron chi connectivity index (χ1n) is 5.91. The van der Waals surface area contributed by atoms with Crippen LogP contribution in [0.15, 0.2) is 0 Å². The predicted molar refractivity (Wildman–Crippen MR) is 56.8 cm³/mol. The van der Waals surface area contributed by atoms with E-state index in [0.717, 1.165) is 45.4 Å². The van der Waals surface area contributed by atoms with Crippen molar-refractivity contribution in [1.29, 1.82) is 0 Å². The largest absolute Gasteiger partial charge is 0.387 e. The van der Waals surface area contributed by atoms with Gasteiger partial charge in [-0.1, -0.05) is 12.8 Å². The molecule has 2 rings (SSSR count). The summed E-state index contributed by atoms with van der Waals surface area (Å²) in [4.78, 5) is 0. The van der Waals surface area contributed by atoms with E-state index in [9.17, 15) is 5.11 Å². The Labute approximate surface area is 90.9 Å².